The molecule has 2 aliphatic rings. The average molecular weight is 246 g/mol. The molecule has 16 heavy (non-hydrogen) atoms. The molecule has 0 aliphatic carbocycles. The van der Waals surface area contributed by atoms with Crippen LogP contribution < -0.4 is 5.73 Å². The van der Waals surface area contributed by atoms with Gasteiger partial charge in [-0.25, -0.2) is 8.42 Å². The van der Waals surface area contributed by atoms with Crippen LogP contribution in [0.5, 0.6) is 0 Å². The summed E-state index contributed by atoms with van der Waals surface area (Å²) in [6, 6.07) is 0.597. The highest BCUT2D eigenvalue weighted by atomic mass is 32.2. The minimum atomic E-state index is -2.80. The zero-order chi connectivity index (χ0) is 12.0. The molecule has 0 aromatic heterocycles. The van der Waals surface area contributed by atoms with E-state index in [0.717, 1.165) is 13.0 Å². The summed E-state index contributed by atoms with van der Waals surface area (Å²) in [6.07, 6.45) is 2.43. The lowest BCUT2D eigenvalue weighted by Gasteiger charge is -2.46. The molecule has 0 aromatic rings. The third-order valence-corrected chi connectivity index (χ3v) is 5.91. The van der Waals surface area contributed by atoms with E-state index in [1.54, 1.807) is 0 Å². The van der Waals surface area contributed by atoms with Gasteiger partial charge in [-0.15, -0.1) is 0 Å². The first kappa shape index (κ1) is 12.3. The summed E-state index contributed by atoms with van der Waals surface area (Å²) in [5.41, 5.74) is 6.18. The van der Waals surface area contributed by atoms with Crippen LogP contribution in [-0.4, -0.2) is 49.0 Å². The fourth-order valence-corrected chi connectivity index (χ4v) is 4.84. The summed E-state index contributed by atoms with van der Waals surface area (Å²) in [6.45, 7) is 5.35. The monoisotopic (exact) mass is 246 g/mol. The van der Waals surface area contributed by atoms with Gasteiger partial charge in [0, 0.05) is 24.2 Å². The molecule has 94 valence electrons. The first-order chi connectivity index (χ1) is 7.37. The number of hydrogen-bond donors (Lipinski definition) is 1. The summed E-state index contributed by atoms with van der Waals surface area (Å²) < 4.78 is 23.0. The van der Waals surface area contributed by atoms with Crippen LogP contribution in [0.3, 0.4) is 0 Å². The molecule has 2 aliphatic heterocycles. The molecule has 0 bridgehead atoms. The first-order valence-corrected chi connectivity index (χ1v) is 7.92. The van der Waals surface area contributed by atoms with Crippen LogP contribution in [0.2, 0.25) is 0 Å². The van der Waals surface area contributed by atoms with Gasteiger partial charge in [-0.1, -0.05) is 0 Å². The molecule has 2 N–H and O–H groups in total. The van der Waals surface area contributed by atoms with Crippen molar-refractivity contribution in [3.05, 3.63) is 0 Å². The summed E-state index contributed by atoms with van der Waals surface area (Å²) >= 11 is 0. The largest absolute Gasteiger partial charge is 0.326 e. The van der Waals surface area contributed by atoms with Gasteiger partial charge < -0.3 is 5.73 Å². The summed E-state index contributed by atoms with van der Waals surface area (Å²) in [4.78, 5) is 2.42. The lowest BCUT2D eigenvalue weighted by molar-refractivity contribution is 0.0807. The Labute approximate surface area is 98.1 Å². The van der Waals surface area contributed by atoms with Gasteiger partial charge in [0.1, 0.15) is 9.84 Å². The molecule has 1 unspecified atom stereocenters. The zero-order valence-electron chi connectivity index (χ0n) is 10.1. The fraction of sp³-hybridized carbons (Fsp3) is 1.00. The second-order valence-electron chi connectivity index (χ2n) is 5.44. The SMILES string of the molecule is CC(C)N1CCC(N)C12CCS(=O)(=O)CC2. The number of sulfone groups is 1. The van der Waals surface area contributed by atoms with Gasteiger partial charge in [0.25, 0.3) is 0 Å². The highest BCUT2D eigenvalue weighted by Gasteiger charge is 2.50. The Morgan fingerprint density at radius 1 is 1.31 bits per heavy atom. The van der Waals surface area contributed by atoms with Crippen molar-refractivity contribution in [3.63, 3.8) is 0 Å². The summed E-state index contributed by atoms with van der Waals surface area (Å²) in [5, 5.41) is 0. The van der Waals surface area contributed by atoms with Crippen molar-refractivity contribution in [3.8, 4) is 0 Å². The van der Waals surface area contributed by atoms with Crippen LogP contribution in [0.15, 0.2) is 0 Å². The second kappa shape index (κ2) is 3.96. The topological polar surface area (TPSA) is 63.4 Å². The number of nitrogens with two attached hydrogens (primary N) is 1. The molecule has 0 aromatic carbocycles. The Morgan fingerprint density at radius 2 is 1.88 bits per heavy atom. The van der Waals surface area contributed by atoms with Crippen molar-refractivity contribution in [1.82, 2.24) is 4.90 Å². The molecule has 2 saturated heterocycles. The second-order valence-corrected chi connectivity index (χ2v) is 7.74. The molecule has 0 amide bonds. The lowest BCUT2D eigenvalue weighted by Crippen LogP contribution is -2.59. The quantitative estimate of drug-likeness (QED) is 0.726. The third kappa shape index (κ3) is 1.89. The minimum absolute atomic E-state index is 0.0422. The molecule has 0 radical (unpaired) electrons. The highest BCUT2D eigenvalue weighted by molar-refractivity contribution is 7.91. The maximum Gasteiger partial charge on any atom is 0.150 e. The molecule has 4 nitrogen and oxygen atoms in total. The molecule has 5 heteroatoms. The fourth-order valence-electron chi connectivity index (χ4n) is 3.30. The van der Waals surface area contributed by atoms with E-state index in [1.807, 2.05) is 0 Å². The standard InChI is InChI=1S/C11H22N2O2S/c1-9(2)13-6-3-10(12)11(13)4-7-16(14,15)8-5-11/h9-10H,3-8,12H2,1-2H3. The van der Waals surface area contributed by atoms with Gasteiger partial charge in [0.15, 0.2) is 0 Å². The Balaban J connectivity index is 2.22. The Hall–Kier alpha value is -0.130. The van der Waals surface area contributed by atoms with E-state index in [2.05, 4.69) is 18.7 Å². The van der Waals surface area contributed by atoms with Crippen LogP contribution in [0.4, 0.5) is 0 Å². The molecule has 2 rings (SSSR count). The highest BCUT2D eigenvalue weighted by Crippen LogP contribution is 2.39. The maximum absolute atomic E-state index is 11.5. The maximum atomic E-state index is 11.5. The summed E-state index contributed by atoms with van der Waals surface area (Å²) in [7, 11) is -2.80. The predicted octanol–water partition coefficient (Wildman–Crippen LogP) is 0.375. The van der Waals surface area contributed by atoms with E-state index in [9.17, 15) is 8.42 Å². The van der Waals surface area contributed by atoms with Crippen molar-refractivity contribution in [2.24, 2.45) is 5.73 Å². The molecule has 2 fully saturated rings. The van der Waals surface area contributed by atoms with Gasteiger partial charge in [-0.05, 0) is 33.1 Å². The average Bonchev–Trinajstić information content (AvgIpc) is 2.50. The van der Waals surface area contributed by atoms with Crippen LogP contribution in [-0.2, 0) is 9.84 Å². The number of hydrogen-bond acceptors (Lipinski definition) is 4. The van der Waals surface area contributed by atoms with E-state index in [4.69, 9.17) is 5.73 Å². The van der Waals surface area contributed by atoms with E-state index >= 15 is 0 Å². The molecular formula is C11H22N2O2S. The van der Waals surface area contributed by atoms with Gasteiger partial charge >= 0.3 is 0 Å². The molecule has 1 spiro atoms. The van der Waals surface area contributed by atoms with Crippen LogP contribution in [0.25, 0.3) is 0 Å². The molecule has 0 saturated carbocycles. The lowest BCUT2D eigenvalue weighted by atomic mass is 9.85. The van der Waals surface area contributed by atoms with E-state index < -0.39 is 9.84 Å². The van der Waals surface area contributed by atoms with E-state index in [0.29, 0.717) is 30.4 Å². The van der Waals surface area contributed by atoms with Gasteiger partial charge in [0.2, 0.25) is 0 Å². The number of likely N-dealkylation sites (tertiary alicyclic amines) is 1. The Kier molecular flexibility index (Phi) is 3.05. The van der Waals surface area contributed by atoms with Crippen LogP contribution in [0.1, 0.15) is 33.1 Å². The zero-order valence-corrected chi connectivity index (χ0v) is 11.0. The van der Waals surface area contributed by atoms with Crippen molar-refractivity contribution < 1.29 is 8.42 Å². The van der Waals surface area contributed by atoms with E-state index in [-0.39, 0.29) is 11.6 Å². The van der Waals surface area contributed by atoms with Crippen molar-refractivity contribution in [2.45, 2.75) is 50.7 Å². The predicted molar refractivity (Wildman–Crippen MR) is 65.1 cm³/mol. The molecular weight excluding hydrogens is 224 g/mol. The van der Waals surface area contributed by atoms with Gasteiger partial charge in [0.05, 0.1) is 11.5 Å². The summed E-state index contributed by atoms with van der Waals surface area (Å²) in [5.74, 6) is 0.619. The Morgan fingerprint density at radius 3 is 2.38 bits per heavy atom. The molecule has 2 heterocycles. The van der Waals surface area contributed by atoms with Crippen LogP contribution in [0, 0.1) is 0 Å². The van der Waals surface area contributed by atoms with Crippen LogP contribution >= 0.6 is 0 Å². The third-order valence-electron chi connectivity index (χ3n) is 4.26. The van der Waals surface area contributed by atoms with Gasteiger partial charge in [-0.2, -0.15) is 0 Å². The molecule has 1 atom stereocenters. The Bertz CT molecular complexity index is 350. The number of nitrogens with zero attached hydrogens (tertiary/aromatic N) is 1. The first-order valence-electron chi connectivity index (χ1n) is 6.10. The smallest absolute Gasteiger partial charge is 0.150 e. The minimum Gasteiger partial charge on any atom is -0.326 e. The van der Waals surface area contributed by atoms with Crippen molar-refractivity contribution in [2.75, 3.05) is 18.1 Å². The van der Waals surface area contributed by atoms with E-state index in [1.165, 1.54) is 0 Å². The number of rotatable bonds is 1. The van der Waals surface area contributed by atoms with Crippen molar-refractivity contribution >= 4 is 9.84 Å². The van der Waals surface area contributed by atoms with Gasteiger partial charge in [-0.3, -0.25) is 4.90 Å². The van der Waals surface area contributed by atoms with Crippen molar-refractivity contribution in [1.29, 1.82) is 0 Å². The normalized spacial score (nSPS) is 33.6.